The van der Waals surface area contributed by atoms with Gasteiger partial charge in [0.1, 0.15) is 18.0 Å². The van der Waals surface area contributed by atoms with Gasteiger partial charge in [0.05, 0.1) is 23.1 Å². The highest BCUT2D eigenvalue weighted by molar-refractivity contribution is 7.92. The standard InChI is InChI=1S/C22H20N4O6S/c1-32-21-14-8-5-9-17(21)15-23-24-22(27)16-25(19-12-6-7-13-20(19)26(28)29)33(30,31)18-10-3-2-4-11-18/h2-15H,16H2,1H3,(H,24,27)/b23-15-. The van der Waals surface area contributed by atoms with Crippen LogP contribution >= 0.6 is 0 Å². The maximum absolute atomic E-state index is 13.3. The molecule has 10 nitrogen and oxygen atoms in total. The number of sulfonamides is 1. The fourth-order valence-electron chi connectivity index (χ4n) is 2.96. The van der Waals surface area contributed by atoms with Crippen LogP contribution in [-0.2, 0) is 14.8 Å². The molecule has 0 aliphatic carbocycles. The summed E-state index contributed by atoms with van der Waals surface area (Å²) in [7, 11) is -2.81. The summed E-state index contributed by atoms with van der Waals surface area (Å²) in [5, 5.41) is 15.4. The minimum atomic E-state index is -4.30. The van der Waals surface area contributed by atoms with Crippen molar-refractivity contribution in [2.45, 2.75) is 4.90 Å². The molecule has 0 aromatic heterocycles. The van der Waals surface area contributed by atoms with Gasteiger partial charge >= 0.3 is 0 Å². The van der Waals surface area contributed by atoms with E-state index >= 15 is 0 Å². The van der Waals surface area contributed by atoms with Crippen molar-refractivity contribution in [1.29, 1.82) is 0 Å². The third-order valence-corrected chi connectivity index (χ3v) is 6.27. The van der Waals surface area contributed by atoms with E-state index in [1.807, 2.05) is 0 Å². The first-order valence-electron chi connectivity index (χ1n) is 9.60. The first-order chi connectivity index (χ1) is 15.8. The number of benzene rings is 3. The summed E-state index contributed by atoms with van der Waals surface area (Å²) in [6.07, 6.45) is 1.34. The predicted octanol–water partition coefficient (Wildman–Crippen LogP) is 2.95. The molecule has 3 rings (SSSR count). The van der Waals surface area contributed by atoms with E-state index in [0.717, 1.165) is 0 Å². The van der Waals surface area contributed by atoms with Gasteiger partial charge < -0.3 is 4.74 Å². The maximum atomic E-state index is 13.3. The van der Waals surface area contributed by atoms with Gasteiger partial charge in [-0.2, -0.15) is 5.10 Å². The Kier molecular flexibility index (Phi) is 7.36. The molecular weight excluding hydrogens is 448 g/mol. The molecule has 1 N–H and O–H groups in total. The lowest BCUT2D eigenvalue weighted by Gasteiger charge is -2.23. The molecule has 0 fully saturated rings. The van der Waals surface area contributed by atoms with E-state index in [4.69, 9.17) is 4.74 Å². The average molecular weight is 468 g/mol. The van der Waals surface area contributed by atoms with Crippen LogP contribution in [0.4, 0.5) is 11.4 Å². The number of nitrogens with one attached hydrogen (secondary N) is 1. The van der Waals surface area contributed by atoms with E-state index in [-0.39, 0.29) is 10.6 Å². The van der Waals surface area contributed by atoms with Crippen molar-refractivity contribution in [3.05, 3.63) is 94.5 Å². The van der Waals surface area contributed by atoms with Crippen molar-refractivity contribution in [2.75, 3.05) is 18.0 Å². The number of amides is 1. The number of carbonyl (C=O) groups excluding carboxylic acids is 1. The zero-order chi connectivity index (χ0) is 23.8. The molecule has 0 heterocycles. The molecule has 0 atom stereocenters. The van der Waals surface area contributed by atoms with Crippen LogP contribution in [0.1, 0.15) is 5.56 Å². The fraction of sp³-hybridized carbons (Fsp3) is 0.0909. The number of hydrogen-bond acceptors (Lipinski definition) is 7. The molecule has 0 saturated carbocycles. The van der Waals surface area contributed by atoms with E-state index in [0.29, 0.717) is 15.6 Å². The van der Waals surface area contributed by atoms with Gasteiger partial charge in [0.25, 0.3) is 21.6 Å². The molecule has 0 aliphatic heterocycles. The van der Waals surface area contributed by atoms with Crippen LogP contribution in [0.3, 0.4) is 0 Å². The molecule has 0 spiro atoms. The second kappa shape index (κ2) is 10.4. The second-order valence-corrected chi connectivity index (χ2v) is 8.47. The highest BCUT2D eigenvalue weighted by atomic mass is 32.2. The van der Waals surface area contributed by atoms with Crippen molar-refractivity contribution >= 4 is 33.5 Å². The van der Waals surface area contributed by atoms with Gasteiger partial charge in [0, 0.05) is 11.6 Å². The third kappa shape index (κ3) is 5.52. The van der Waals surface area contributed by atoms with Crippen LogP contribution in [0.15, 0.2) is 88.9 Å². The number of methoxy groups -OCH3 is 1. The summed E-state index contributed by atoms with van der Waals surface area (Å²) in [4.78, 5) is 23.3. The molecule has 3 aromatic carbocycles. The monoisotopic (exact) mass is 468 g/mol. The average Bonchev–Trinajstić information content (AvgIpc) is 2.83. The lowest BCUT2D eigenvalue weighted by molar-refractivity contribution is -0.384. The number of carbonyl (C=O) groups is 1. The molecule has 1 amide bonds. The Morgan fingerprint density at radius 2 is 1.70 bits per heavy atom. The SMILES string of the molecule is COc1ccccc1/C=N\NC(=O)CN(c1ccccc1[N+](=O)[O-])S(=O)(=O)c1ccccc1. The number of rotatable bonds is 9. The lowest BCUT2D eigenvalue weighted by Crippen LogP contribution is -2.39. The first-order valence-corrected chi connectivity index (χ1v) is 11.0. The summed E-state index contributed by atoms with van der Waals surface area (Å²) in [5.41, 5.74) is 2.15. The molecule has 33 heavy (non-hydrogen) atoms. The Morgan fingerprint density at radius 1 is 1.06 bits per heavy atom. The van der Waals surface area contributed by atoms with E-state index in [2.05, 4.69) is 10.5 Å². The minimum Gasteiger partial charge on any atom is -0.496 e. The van der Waals surface area contributed by atoms with Crippen LogP contribution in [0.5, 0.6) is 5.75 Å². The number of hydrazone groups is 1. The van der Waals surface area contributed by atoms with Crippen LogP contribution in [0.25, 0.3) is 0 Å². The largest absolute Gasteiger partial charge is 0.496 e. The zero-order valence-corrected chi connectivity index (χ0v) is 18.3. The minimum absolute atomic E-state index is 0.117. The summed E-state index contributed by atoms with van der Waals surface area (Å²) in [6, 6.07) is 19.6. The summed E-state index contributed by atoms with van der Waals surface area (Å²) in [6.45, 7) is -0.731. The highest BCUT2D eigenvalue weighted by Crippen LogP contribution is 2.31. The van der Waals surface area contributed by atoms with Gasteiger partial charge in [-0.15, -0.1) is 0 Å². The highest BCUT2D eigenvalue weighted by Gasteiger charge is 2.31. The molecule has 0 radical (unpaired) electrons. The zero-order valence-electron chi connectivity index (χ0n) is 17.5. The van der Waals surface area contributed by atoms with Crippen LogP contribution in [0.2, 0.25) is 0 Å². The molecule has 0 bridgehead atoms. The van der Waals surface area contributed by atoms with Crippen LogP contribution in [0, 0.1) is 10.1 Å². The first kappa shape index (κ1) is 23.4. The molecule has 0 unspecified atom stereocenters. The molecule has 11 heteroatoms. The molecular formula is C22H20N4O6S. The van der Waals surface area contributed by atoms with E-state index in [1.54, 1.807) is 30.3 Å². The van der Waals surface area contributed by atoms with Crippen molar-refractivity contribution < 1.29 is 22.9 Å². The quantitative estimate of drug-likeness (QED) is 0.292. The molecule has 3 aromatic rings. The van der Waals surface area contributed by atoms with Crippen molar-refractivity contribution in [3.63, 3.8) is 0 Å². The summed E-state index contributed by atoms with van der Waals surface area (Å²) >= 11 is 0. The van der Waals surface area contributed by atoms with E-state index in [9.17, 15) is 23.3 Å². The number of ether oxygens (including phenoxy) is 1. The number of anilines is 1. The smallest absolute Gasteiger partial charge is 0.293 e. The predicted molar refractivity (Wildman–Crippen MR) is 123 cm³/mol. The lowest BCUT2D eigenvalue weighted by atomic mass is 10.2. The van der Waals surface area contributed by atoms with Crippen LogP contribution < -0.4 is 14.5 Å². The van der Waals surface area contributed by atoms with E-state index in [1.165, 1.54) is 61.9 Å². The fourth-order valence-corrected chi connectivity index (χ4v) is 4.42. The van der Waals surface area contributed by atoms with Gasteiger partial charge in [-0.1, -0.05) is 42.5 Å². The molecule has 170 valence electrons. The Hall–Kier alpha value is -4.25. The van der Waals surface area contributed by atoms with Gasteiger partial charge in [-0.05, 0) is 30.3 Å². The number of nitrogens with zero attached hydrogens (tertiary/aromatic N) is 3. The topological polar surface area (TPSA) is 131 Å². The van der Waals surface area contributed by atoms with Crippen LogP contribution in [-0.4, -0.2) is 39.1 Å². The Labute approximate surface area is 190 Å². The normalized spacial score (nSPS) is 11.2. The summed E-state index contributed by atoms with van der Waals surface area (Å²) < 4.78 is 32.5. The number of para-hydroxylation sites is 3. The Balaban J connectivity index is 1.91. The van der Waals surface area contributed by atoms with Gasteiger partial charge in [-0.25, -0.2) is 18.1 Å². The Bertz CT molecular complexity index is 1280. The van der Waals surface area contributed by atoms with E-state index < -0.39 is 33.1 Å². The van der Waals surface area contributed by atoms with Gasteiger partial charge in [0.2, 0.25) is 0 Å². The number of nitro groups is 1. The van der Waals surface area contributed by atoms with Gasteiger partial charge in [0.15, 0.2) is 0 Å². The number of nitro benzene ring substituents is 1. The van der Waals surface area contributed by atoms with Crippen molar-refractivity contribution in [3.8, 4) is 5.75 Å². The third-order valence-electron chi connectivity index (χ3n) is 4.50. The Morgan fingerprint density at radius 3 is 2.39 bits per heavy atom. The molecule has 0 saturated heterocycles. The summed E-state index contributed by atoms with van der Waals surface area (Å²) in [5.74, 6) is -0.262. The number of hydrogen-bond donors (Lipinski definition) is 1. The second-order valence-electron chi connectivity index (χ2n) is 6.61. The molecule has 0 aliphatic rings. The van der Waals surface area contributed by atoms with Crippen molar-refractivity contribution in [1.82, 2.24) is 5.43 Å². The van der Waals surface area contributed by atoms with Crippen molar-refractivity contribution in [2.24, 2.45) is 5.10 Å². The maximum Gasteiger partial charge on any atom is 0.293 e. The van der Waals surface area contributed by atoms with Gasteiger partial charge in [-0.3, -0.25) is 14.9 Å².